The maximum absolute atomic E-state index is 10.8. The van der Waals surface area contributed by atoms with Gasteiger partial charge in [-0.05, 0) is 19.3 Å². The van der Waals surface area contributed by atoms with E-state index in [9.17, 15) is 9.59 Å². The number of carboxylic acids is 2. The molecule has 0 saturated carbocycles. The minimum Gasteiger partial charge on any atom is -0.481 e. The van der Waals surface area contributed by atoms with Crippen LogP contribution in [-0.4, -0.2) is 22.2 Å². The molecule has 2 N–H and O–H groups in total. The molecular weight excluding hydrogens is 196 g/mol. The number of aliphatic carboxylic acids is 2. The van der Waals surface area contributed by atoms with Crippen LogP contribution >= 0.6 is 0 Å². The van der Waals surface area contributed by atoms with E-state index in [2.05, 4.69) is 0 Å². The van der Waals surface area contributed by atoms with Crippen molar-refractivity contribution in [2.45, 2.75) is 51.9 Å². The van der Waals surface area contributed by atoms with E-state index in [1.807, 2.05) is 6.92 Å². The van der Waals surface area contributed by atoms with Gasteiger partial charge in [-0.25, -0.2) is 0 Å². The Balaban J connectivity index is 3.53. The van der Waals surface area contributed by atoms with E-state index in [4.69, 9.17) is 10.2 Å². The van der Waals surface area contributed by atoms with Gasteiger partial charge in [0.1, 0.15) is 0 Å². The van der Waals surface area contributed by atoms with E-state index in [-0.39, 0.29) is 12.3 Å². The zero-order valence-corrected chi connectivity index (χ0v) is 9.24. The highest BCUT2D eigenvalue weighted by Gasteiger charge is 2.15. The zero-order chi connectivity index (χ0) is 11.7. The highest BCUT2D eigenvalue weighted by Crippen LogP contribution is 2.16. The summed E-state index contributed by atoms with van der Waals surface area (Å²) >= 11 is 0. The van der Waals surface area contributed by atoms with Crippen molar-refractivity contribution in [3.05, 3.63) is 0 Å². The molecule has 0 radical (unpaired) electrons. The first-order valence-corrected chi connectivity index (χ1v) is 5.52. The lowest BCUT2D eigenvalue weighted by Gasteiger charge is -2.10. The highest BCUT2D eigenvalue weighted by molar-refractivity contribution is 5.69. The van der Waals surface area contributed by atoms with Crippen molar-refractivity contribution in [3.63, 3.8) is 0 Å². The molecule has 0 saturated heterocycles. The molecule has 0 aliphatic rings. The van der Waals surface area contributed by atoms with Crippen molar-refractivity contribution in [1.29, 1.82) is 0 Å². The fourth-order valence-electron chi connectivity index (χ4n) is 1.58. The molecule has 1 atom stereocenters. The van der Waals surface area contributed by atoms with Gasteiger partial charge in [0, 0.05) is 6.42 Å². The molecule has 0 fully saturated rings. The fraction of sp³-hybridized carbons (Fsp3) is 0.818. The first-order chi connectivity index (χ1) is 7.07. The Morgan fingerprint density at radius 3 is 2.20 bits per heavy atom. The molecule has 0 aliphatic carbocycles. The average Bonchev–Trinajstić information content (AvgIpc) is 2.15. The normalized spacial score (nSPS) is 12.3. The largest absolute Gasteiger partial charge is 0.481 e. The van der Waals surface area contributed by atoms with Gasteiger partial charge in [0.05, 0.1) is 5.92 Å². The maximum atomic E-state index is 10.8. The molecule has 0 aliphatic heterocycles. The third-order valence-corrected chi connectivity index (χ3v) is 2.43. The molecule has 4 nitrogen and oxygen atoms in total. The van der Waals surface area contributed by atoms with Gasteiger partial charge < -0.3 is 10.2 Å². The van der Waals surface area contributed by atoms with Crippen LogP contribution in [0.4, 0.5) is 0 Å². The van der Waals surface area contributed by atoms with Crippen LogP contribution in [0.25, 0.3) is 0 Å². The van der Waals surface area contributed by atoms with Gasteiger partial charge in [-0.15, -0.1) is 0 Å². The number of hydrogen-bond acceptors (Lipinski definition) is 2. The summed E-state index contributed by atoms with van der Waals surface area (Å²) in [7, 11) is 0. The Bertz CT molecular complexity index is 201. The third-order valence-electron chi connectivity index (χ3n) is 2.43. The predicted molar refractivity (Wildman–Crippen MR) is 56.8 cm³/mol. The van der Waals surface area contributed by atoms with Gasteiger partial charge in [-0.2, -0.15) is 0 Å². The Labute approximate surface area is 90.3 Å². The Morgan fingerprint density at radius 2 is 1.73 bits per heavy atom. The summed E-state index contributed by atoms with van der Waals surface area (Å²) in [5, 5.41) is 17.3. The Kier molecular flexibility index (Phi) is 7.68. The second-order valence-electron chi connectivity index (χ2n) is 3.82. The molecular formula is C11H20O4. The van der Waals surface area contributed by atoms with Crippen molar-refractivity contribution in [2.24, 2.45) is 5.92 Å². The molecule has 0 spiro atoms. The molecule has 0 amide bonds. The zero-order valence-electron chi connectivity index (χ0n) is 9.24. The van der Waals surface area contributed by atoms with Crippen LogP contribution in [0.1, 0.15) is 51.9 Å². The van der Waals surface area contributed by atoms with Crippen LogP contribution < -0.4 is 0 Å². The van der Waals surface area contributed by atoms with Gasteiger partial charge in [0.2, 0.25) is 0 Å². The van der Waals surface area contributed by atoms with Crippen LogP contribution in [0, 0.1) is 5.92 Å². The lowest BCUT2D eigenvalue weighted by molar-refractivity contribution is -0.142. The maximum Gasteiger partial charge on any atom is 0.306 e. The van der Waals surface area contributed by atoms with Crippen molar-refractivity contribution < 1.29 is 19.8 Å². The fourth-order valence-corrected chi connectivity index (χ4v) is 1.58. The Hall–Kier alpha value is -1.06. The van der Waals surface area contributed by atoms with E-state index in [0.717, 1.165) is 19.3 Å². The van der Waals surface area contributed by atoms with Gasteiger partial charge in [0.25, 0.3) is 0 Å². The van der Waals surface area contributed by atoms with Crippen molar-refractivity contribution >= 4 is 11.9 Å². The van der Waals surface area contributed by atoms with Crippen LogP contribution in [0.15, 0.2) is 0 Å². The second-order valence-corrected chi connectivity index (χ2v) is 3.82. The molecule has 0 heterocycles. The molecule has 0 aromatic carbocycles. The minimum absolute atomic E-state index is 0.186. The van der Waals surface area contributed by atoms with Crippen LogP contribution in [0.2, 0.25) is 0 Å². The third kappa shape index (κ3) is 7.97. The van der Waals surface area contributed by atoms with E-state index in [0.29, 0.717) is 19.3 Å². The molecule has 4 heteroatoms. The SMILES string of the molecule is CCC[C@H](CCCCCC(=O)O)C(=O)O. The topological polar surface area (TPSA) is 74.6 Å². The standard InChI is InChI=1S/C11H20O4/c1-2-6-9(11(14)15)7-4-3-5-8-10(12)13/h9H,2-8H2,1H3,(H,12,13)(H,14,15)/t9-/m1/s1. The number of carboxylic acid groups (broad SMARTS) is 2. The summed E-state index contributed by atoms with van der Waals surface area (Å²) in [6.07, 6.45) is 4.71. The van der Waals surface area contributed by atoms with E-state index in [1.165, 1.54) is 0 Å². The van der Waals surface area contributed by atoms with Crippen molar-refractivity contribution in [2.75, 3.05) is 0 Å². The molecule has 0 aromatic heterocycles. The molecule has 0 bridgehead atoms. The van der Waals surface area contributed by atoms with E-state index >= 15 is 0 Å². The minimum atomic E-state index is -0.779. The number of unbranched alkanes of at least 4 members (excludes halogenated alkanes) is 2. The van der Waals surface area contributed by atoms with Crippen LogP contribution in [0.3, 0.4) is 0 Å². The van der Waals surface area contributed by atoms with Gasteiger partial charge >= 0.3 is 11.9 Å². The van der Waals surface area contributed by atoms with Crippen molar-refractivity contribution in [1.82, 2.24) is 0 Å². The monoisotopic (exact) mass is 216 g/mol. The van der Waals surface area contributed by atoms with Crippen molar-refractivity contribution in [3.8, 4) is 0 Å². The van der Waals surface area contributed by atoms with E-state index < -0.39 is 11.9 Å². The molecule has 0 unspecified atom stereocenters. The number of rotatable bonds is 9. The van der Waals surface area contributed by atoms with Gasteiger partial charge in [-0.3, -0.25) is 9.59 Å². The first-order valence-electron chi connectivity index (χ1n) is 5.52. The number of hydrogen-bond donors (Lipinski definition) is 2. The molecule has 88 valence electrons. The van der Waals surface area contributed by atoms with Gasteiger partial charge in [-0.1, -0.05) is 26.2 Å². The first kappa shape index (κ1) is 13.9. The van der Waals surface area contributed by atoms with Crippen LogP contribution in [-0.2, 0) is 9.59 Å². The highest BCUT2D eigenvalue weighted by atomic mass is 16.4. The summed E-state index contributed by atoms with van der Waals surface area (Å²) in [6.45, 7) is 1.97. The quantitative estimate of drug-likeness (QED) is 0.581. The van der Waals surface area contributed by atoms with Gasteiger partial charge in [0.15, 0.2) is 0 Å². The lowest BCUT2D eigenvalue weighted by Crippen LogP contribution is -2.13. The Morgan fingerprint density at radius 1 is 1.07 bits per heavy atom. The summed E-state index contributed by atoms with van der Waals surface area (Å²) in [5.41, 5.74) is 0. The summed E-state index contributed by atoms with van der Waals surface area (Å²) in [4.78, 5) is 21.0. The van der Waals surface area contributed by atoms with E-state index in [1.54, 1.807) is 0 Å². The lowest BCUT2D eigenvalue weighted by atomic mass is 9.96. The summed E-state index contributed by atoms with van der Waals surface area (Å²) in [5.74, 6) is -1.76. The second kappa shape index (κ2) is 8.26. The smallest absolute Gasteiger partial charge is 0.306 e. The molecule has 0 aromatic rings. The molecule has 15 heavy (non-hydrogen) atoms. The summed E-state index contributed by atoms with van der Waals surface area (Å²) < 4.78 is 0. The van der Waals surface area contributed by atoms with Crippen LogP contribution in [0.5, 0.6) is 0 Å². The predicted octanol–water partition coefficient (Wildman–Crippen LogP) is 2.52. The number of carbonyl (C=O) groups is 2. The molecule has 0 rings (SSSR count). The average molecular weight is 216 g/mol. The summed E-state index contributed by atoms with van der Waals surface area (Å²) in [6, 6.07) is 0.